The Hall–Kier alpha value is -3.94. The molecular formula is C21H18FN3O4. The number of benzene rings is 2. The van der Waals surface area contributed by atoms with Crippen LogP contribution < -0.4 is 20.1 Å². The van der Waals surface area contributed by atoms with Crippen LogP contribution in [0.15, 0.2) is 60.9 Å². The molecule has 0 atom stereocenters. The zero-order chi connectivity index (χ0) is 20.8. The molecule has 0 saturated carbocycles. The van der Waals surface area contributed by atoms with Crippen LogP contribution in [0.5, 0.6) is 11.5 Å². The fourth-order valence-corrected chi connectivity index (χ4v) is 2.55. The van der Waals surface area contributed by atoms with Gasteiger partial charge in [-0.25, -0.2) is 4.39 Å². The first-order valence-corrected chi connectivity index (χ1v) is 8.55. The van der Waals surface area contributed by atoms with E-state index in [-0.39, 0.29) is 11.1 Å². The van der Waals surface area contributed by atoms with Gasteiger partial charge in [-0.2, -0.15) is 0 Å². The molecule has 148 valence electrons. The van der Waals surface area contributed by atoms with Gasteiger partial charge in [-0.05, 0) is 36.4 Å². The third kappa shape index (κ3) is 4.86. The highest BCUT2D eigenvalue weighted by Crippen LogP contribution is 2.29. The maximum absolute atomic E-state index is 13.3. The van der Waals surface area contributed by atoms with E-state index in [1.165, 1.54) is 50.9 Å². The molecule has 0 spiro atoms. The van der Waals surface area contributed by atoms with E-state index in [9.17, 15) is 14.0 Å². The van der Waals surface area contributed by atoms with Crippen LogP contribution >= 0.6 is 0 Å². The van der Waals surface area contributed by atoms with E-state index in [1.54, 1.807) is 24.3 Å². The first-order chi connectivity index (χ1) is 14.0. The third-order valence-corrected chi connectivity index (χ3v) is 4.00. The number of pyridine rings is 1. The maximum atomic E-state index is 13.3. The van der Waals surface area contributed by atoms with Gasteiger partial charge in [0.1, 0.15) is 17.3 Å². The second kappa shape index (κ2) is 8.83. The van der Waals surface area contributed by atoms with E-state index < -0.39 is 17.6 Å². The quantitative estimate of drug-likeness (QED) is 0.664. The predicted octanol–water partition coefficient (Wildman–Crippen LogP) is 3.74. The predicted molar refractivity (Wildman–Crippen MR) is 106 cm³/mol. The molecule has 29 heavy (non-hydrogen) atoms. The Bertz CT molecular complexity index is 1060. The number of amides is 2. The van der Waals surface area contributed by atoms with Crippen LogP contribution in [0.25, 0.3) is 0 Å². The second-order valence-corrected chi connectivity index (χ2v) is 5.95. The lowest BCUT2D eigenvalue weighted by molar-refractivity contribution is 0.102. The van der Waals surface area contributed by atoms with Gasteiger partial charge in [-0.1, -0.05) is 6.07 Å². The number of hydrogen-bond acceptors (Lipinski definition) is 5. The van der Waals surface area contributed by atoms with Crippen molar-refractivity contribution in [2.24, 2.45) is 0 Å². The molecule has 1 heterocycles. The number of methoxy groups -OCH3 is 2. The maximum Gasteiger partial charge on any atom is 0.257 e. The molecule has 0 aliphatic rings. The van der Waals surface area contributed by atoms with Crippen molar-refractivity contribution >= 4 is 23.2 Å². The summed E-state index contributed by atoms with van der Waals surface area (Å²) in [5, 5.41) is 5.27. The van der Waals surface area contributed by atoms with Gasteiger partial charge in [0.25, 0.3) is 11.8 Å². The summed E-state index contributed by atoms with van der Waals surface area (Å²) in [6.45, 7) is 0. The molecule has 1 aromatic heterocycles. The molecule has 2 N–H and O–H groups in total. The van der Waals surface area contributed by atoms with E-state index in [2.05, 4.69) is 15.6 Å². The Morgan fingerprint density at radius 3 is 2.28 bits per heavy atom. The number of ether oxygens (including phenoxy) is 2. The summed E-state index contributed by atoms with van der Waals surface area (Å²) in [6, 6.07) is 11.9. The van der Waals surface area contributed by atoms with E-state index in [0.717, 1.165) is 0 Å². The van der Waals surface area contributed by atoms with Gasteiger partial charge in [0.05, 0.1) is 31.0 Å². The third-order valence-electron chi connectivity index (χ3n) is 4.00. The summed E-state index contributed by atoms with van der Waals surface area (Å²) in [6.07, 6.45) is 2.66. The Labute approximate surface area is 166 Å². The van der Waals surface area contributed by atoms with Crippen molar-refractivity contribution in [3.8, 4) is 11.5 Å². The largest absolute Gasteiger partial charge is 0.497 e. The Balaban J connectivity index is 1.76. The van der Waals surface area contributed by atoms with Crippen molar-refractivity contribution < 1.29 is 23.5 Å². The molecule has 0 fully saturated rings. The van der Waals surface area contributed by atoms with E-state index in [4.69, 9.17) is 9.47 Å². The first-order valence-electron chi connectivity index (χ1n) is 8.55. The van der Waals surface area contributed by atoms with E-state index in [0.29, 0.717) is 22.9 Å². The second-order valence-electron chi connectivity index (χ2n) is 5.95. The van der Waals surface area contributed by atoms with Gasteiger partial charge < -0.3 is 20.1 Å². The van der Waals surface area contributed by atoms with Crippen LogP contribution in [0.2, 0.25) is 0 Å². The molecule has 0 unspecified atom stereocenters. The number of rotatable bonds is 6. The summed E-state index contributed by atoms with van der Waals surface area (Å²) in [5.41, 5.74) is 1.07. The van der Waals surface area contributed by atoms with Crippen molar-refractivity contribution in [2.75, 3.05) is 24.9 Å². The molecule has 0 saturated heterocycles. The smallest absolute Gasteiger partial charge is 0.257 e. The summed E-state index contributed by atoms with van der Waals surface area (Å²) in [7, 11) is 3.00. The minimum atomic E-state index is -0.514. The molecule has 0 bridgehead atoms. The van der Waals surface area contributed by atoms with Gasteiger partial charge in [-0.3, -0.25) is 14.6 Å². The molecule has 3 rings (SSSR count). The van der Waals surface area contributed by atoms with Crippen LogP contribution in [0.1, 0.15) is 20.7 Å². The van der Waals surface area contributed by atoms with Crippen LogP contribution in [0, 0.1) is 5.82 Å². The van der Waals surface area contributed by atoms with Gasteiger partial charge in [0.2, 0.25) is 0 Å². The van der Waals surface area contributed by atoms with Crippen molar-refractivity contribution in [3.63, 3.8) is 0 Å². The average Bonchev–Trinajstić information content (AvgIpc) is 2.74. The van der Waals surface area contributed by atoms with Gasteiger partial charge in [0, 0.05) is 24.1 Å². The van der Waals surface area contributed by atoms with Crippen LogP contribution in [-0.2, 0) is 0 Å². The zero-order valence-electron chi connectivity index (χ0n) is 15.7. The van der Waals surface area contributed by atoms with Crippen molar-refractivity contribution in [3.05, 3.63) is 77.9 Å². The summed E-state index contributed by atoms with van der Waals surface area (Å²) in [5.74, 6) is -0.452. The molecule has 0 radical (unpaired) electrons. The molecular weight excluding hydrogens is 377 g/mol. The molecule has 7 nitrogen and oxygen atoms in total. The fourth-order valence-electron chi connectivity index (χ4n) is 2.55. The number of hydrogen-bond donors (Lipinski definition) is 2. The van der Waals surface area contributed by atoms with Crippen molar-refractivity contribution in [2.45, 2.75) is 0 Å². The number of carbonyl (C=O) groups is 2. The van der Waals surface area contributed by atoms with Gasteiger partial charge in [-0.15, -0.1) is 0 Å². The monoisotopic (exact) mass is 395 g/mol. The molecule has 2 aromatic carbocycles. The van der Waals surface area contributed by atoms with E-state index >= 15 is 0 Å². The summed E-state index contributed by atoms with van der Waals surface area (Å²) >= 11 is 0. The number of nitrogens with zero attached hydrogens (tertiary/aromatic N) is 1. The minimum Gasteiger partial charge on any atom is -0.497 e. The Morgan fingerprint density at radius 2 is 1.62 bits per heavy atom. The van der Waals surface area contributed by atoms with Crippen LogP contribution in [0.3, 0.4) is 0 Å². The molecule has 0 aliphatic heterocycles. The molecule has 0 aliphatic carbocycles. The molecule has 3 aromatic rings. The van der Waals surface area contributed by atoms with Gasteiger partial charge >= 0.3 is 0 Å². The number of halogens is 1. The highest BCUT2D eigenvalue weighted by molar-refractivity contribution is 6.08. The number of aromatic nitrogens is 1. The van der Waals surface area contributed by atoms with Crippen LogP contribution in [0.4, 0.5) is 15.8 Å². The summed E-state index contributed by atoms with van der Waals surface area (Å²) < 4.78 is 23.7. The number of anilines is 2. The summed E-state index contributed by atoms with van der Waals surface area (Å²) in [4.78, 5) is 28.9. The molecule has 8 heteroatoms. The van der Waals surface area contributed by atoms with Gasteiger partial charge in [0.15, 0.2) is 0 Å². The van der Waals surface area contributed by atoms with E-state index in [1.807, 2.05) is 0 Å². The standard InChI is InChI=1S/C21H18FN3O4/c1-28-17-6-7-18(19(10-17)29-2)25-21(27)14-8-13(11-23-12-14)20(26)24-16-5-3-4-15(22)9-16/h3-12H,1-2H3,(H,24,26)(H,25,27). The average molecular weight is 395 g/mol. The molecule has 2 amide bonds. The Kier molecular flexibility index (Phi) is 6.03. The van der Waals surface area contributed by atoms with Crippen molar-refractivity contribution in [1.29, 1.82) is 0 Å². The normalized spacial score (nSPS) is 10.2. The lowest BCUT2D eigenvalue weighted by Gasteiger charge is -2.12. The highest BCUT2D eigenvalue weighted by atomic mass is 19.1. The van der Waals surface area contributed by atoms with Crippen LogP contribution in [-0.4, -0.2) is 31.0 Å². The number of nitrogens with one attached hydrogen (secondary N) is 2. The number of carbonyl (C=O) groups excluding carboxylic acids is 2. The van der Waals surface area contributed by atoms with Crippen molar-refractivity contribution in [1.82, 2.24) is 4.98 Å². The Morgan fingerprint density at radius 1 is 0.897 bits per heavy atom. The highest BCUT2D eigenvalue weighted by Gasteiger charge is 2.14. The fraction of sp³-hybridized carbons (Fsp3) is 0.0952. The lowest BCUT2D eigenvalue weighted by Crippen LogP contribution is -2.16. The SMILES string of the molecule is COc1ccc(NC(=O)c2cncc(C(=O)Nc3cccc(F)c3)c2)c(OC)c1. The topological polar surface area (TPSA) is 89.5 Å². The minimum absolute atomic E-state index is 0.156. The first kappa shape index (κ1) is 19.8. The zero-order valence-corrected chi connectivity index (χ0v) is 15.7. The lowest BCUT2D eigenvalue weighted by atomic mass is 10.1.